The van der Waals surface area contributed by atoms with Crippen LogP contribution < -0.4 is 5.32 Å². The van der Waals surface area contributed by atoms with Gasteiger partial charge in [0.05, 0.1) is 17.1 Å². The van der Waals surface area contributed by atoms with Crippen molar-refractivity contribution in [3.05, 3.63) is 126 Å². The highest BCUT2D eigenvalue weighted by molar-refractivity contribution is 8.03. The Hall–Kier alpha value is -3.69. The number of thioether (sulfide) groups is 1. The van der Waals surface area contributed by atoms with Crippen molar-refractivity contribution < 1.29 is 0 Å². The Morgan fingerprint density at radius 1 is 0.727 bits per heavy atom. The normalized spacial score (nSPS) is 15.6. The van der Waals surface area contributed by atoms with Gasteiger partial charge in [-0.2, -0.15) is 0 Å². The summed E-state index contributed by atoms with van der Waals surface area (Å²) in [6, 6.07) is 36.8. The number of nitrogens with zero attached hydrogens (tertiary/aromatic N) is 1. The van der Waals surface area contributed by atoms with Crippen LogP contribution in [-0.4, -0.2) is 10.6 Å². The van der Waals surface area contributed by atoms with Gasteiger partial charge in [0, 0.05) is 31.9 Å². The number of rotatable bonds is 5. The van der Waals surface area contributed by atoms with Gasteiger partial charge in [-0.3, -0.25) is 0 Å². The van der Waals surface area contributed by atoms with E-state index >= 15 is 0 Å². The van der Waals surface area contributed by atoms with E-state index in [0.717, 1.165) is 12.1 Å². The maximum absolute atomic E-state index is 3.76. The van der Waals surface area contributed by atoms with Gasteiger partial charge in [0.1, 0.15) is 0 Å². The van der Waals surface area contributed by atoms with Crippen LogP contribution in [0.5, 0.6) is 0 Å². The molecule has 1 unspecified atom stereocenters. The first kappa shape index (κ1) is 20.0. The van der Waals surface area contributed by atoms with Gasteiger partial charge < -0.3 is 9.88 Å². The monoisotopic (exact) mass is 444 g/mol. The van der Waals surface area contributed by atoms with Crippen molar-refractivity contribution in [2.24, 2.45) is 0 Å². The fourth-order valence-corrected chi connectivity index (χ4v) is 5.59. The molecule has 2 nitrogen and oxygen atoms in total. The third-order valence-corrected chi connectivity index (χ3v) is 7.24. The smallest absolute Gasteiger partial charge is 0.0757 e. The number of aromatic nitrogens is 1. The zero-order valence-electron chi connectivity index (χ0n) is 18.2. The molecule has 1 aliphatic carbocycles. The minimum atomic E-state index is 0.164. The van der Waals surface area contributed by atoms with Gasteiger partial charge in [-0.25, -0.2) is 0 Å². The minimum Gasteiger partial charge on any atom is -0.374 e. The van der Waals surface area contributed by atoms with Crippen LogP contribution in [0.1, 0.15) is 6.42 Å². The highest BCUT2D eigenvalue weighted by Crippen LogP contribution is 2.35. The van der Waals surface area contributed by atoms with Gasteiger partial charge >= 0.3 is 0 Å². The molecular weight excluding hydrogens is 420 g/mol. The summed E-state index contributed by atoms with van der Waals surface area (Å²) >= 11 is 1.84. The molecule has 0 saturated carbocycles. The van der Waals surface area contributed by atoms with Crippen LogP contribution in [0.4, 0.5) is 5.69 Å². The van der Waals surface area contributed by atoms with Crippen LogP contribution >= 0.6 is 11.8 Å². The average Bonchev–Trinajstić information content (AvgIpc) is 3.21. The number of nitrogens with one attached hydrogen (secondary N) is 1. The molecule has 5 aromatic rings. The first-order valence-corrected chi connectivity index (χ1v) is 12.1. The molecule has 0 aliphatic heterocycles. The second-order valence-corrected chi connectivity index (χ2v) is 9.37. The molecule has 160 valence electrons. The molecule has 4 aromatic carbocycles. The zero-order chi connectivity index (χ0) is 22.0. The van der Waals surface area contributed by atoms with Crippen molar-refractivity contribution in [2.45, 2.75) is 17.4 Å². The maximum atomic E-state index is 3.76. The molecule has 0 fully saturated rings. The summed E-state index contributed by atoms with van der Waals surface area (Å²) in [6.45, 7) is 0. The van der Waals surface area contributed by atoms with Crippen LogP contribution in [0.25, 0.3) is 27.5 Å². The first-order chi connectivity index (χ1) is 16.4. The molecule has 0 radical (unpaired) electrons. The quantitative estimate of drug-likeness (QED) is 0.275. The van der Waals surface area contributed by atoms with E-state index in [1.54, 1.807) is 0 Å². The Morgan fingerprint density at radius 3 is 2.18 bits per heavy atom. The SMILES string of the molecule is C1=CC(Nc2cccc(-n3c4ccccc4c4ccccc43)c2)C(Sc2ccccc2)=CC1. The van der Waals surface area contributed by atoms with E-state index in [2.05, 4.69) is 131 Å². The van der Waals surface area contributed by atoms with E-state index in [-0.39, 0.29) is 6.04 Å². The number of fused-ring (bicyclic) bond motifs is 3. The Bertz CT molecular complexity index is 1440. The molecule has 0 spiro atoms. The van der Waals surface area contributed by atoms with E-state index in [1.165, 1.54) is 37.3 Å². The molecule has 1 N–H and O–H groups in total. The molecule has 0 saturated heterocycles. The standard InChI is InChI=1S/C30H24N2S/c1-2-13-24(14-3-1)33-30-20-9-6-17-27(30)31-22-11-10-12-23(21-22)32-28-18-7-4-15-25(28)26-16-5-8-19-29(26)32/h1-8,10-21,27,31H,9H2. The Balaban J connectivity index is 1.36. The molecule has 33 heavy (non-hydrogen) atoms. The Labute approximate surface area is 198 Å². The molecule has 0 amide bonds. The number of para-hydroxylation sites is 2. The van der Waals surface area contributed by atoms with Crippen molar-refractivity contribution in [2.75, 3.05) is 5.32 Å². The fourth-order valence-electron chi connectivity index (χ4n) is 4.58. The van der Waals surface area contributed by atoms with Crippen molar-refractivity contribution in [1.29, 1.82) is 0 Å². The lowest BCUT2D eigenvalue weighted by Gasteiger charge is -2.23. The van der Waals surface area contributed by atoms with E-state index < -0.39 is 0 Å². The highest BCUT2D eigenvalue weighted by atomic mass is 32.2. The molecule has 0 bridgehead atoms. The minimum absolute atomic E-state index is 0.164. The summed E-state index contributed by atoms with van der Waals surface area (Å²) < 4.78 is 2.36. The van der Waals surface area contributed by atoms with Gasteiger partial charge in [-0.15, -0.1) is 0 Å². The number of anilines is 1. The summed E-state index contributed by atoms with van der Waals surface area (Å²) in [5.74, 6) is 0. The molecule has 1 heterocycles. The summed E-state index contributed by atoms with van der Waals surface area (Å²) in [7, 11) is 0. The topological polar surface area (TPSA) is 17.0 Å². The fraction of sp³-hybridized carbons (Fsp3) is 0.0667. The van der Waals surface area contributed by atoms with Crippen LogP contribution in [-0.2, 0) is 0 Å². The Kier molecular flexibility index (Phi) is 5.25. The van der Waals surface area contributed by atoms with Crippen molar-refractivity contribution >= 4 is 39.3 Å². The average molecular weight is 445 g/mol. The molecular formula is C30H24N2S. The number of hydrogen-bond donors (Lipinski definition) is 1. The van der Waals surface area contributed by atoms with Crippen molar-refractivity contribution in [1.82, 2.24) is 4.57 Å². The van der Waals surface area contributed by atoms with Gasteiger partial charge in [0.2, 0.25) is 0 Å². The van der Waals surface area contributed by atoms with Gasteiger partial charge in [-0.05, 0) is 48.9 Å². The summed E-state index contributed by atoms with van der Waals surface area (Å²) in [5, 5.41) is 6.33. The number of hydrogen-bond acceptors (Lipinski definition) is 2. The van der Waals surface area contributed by atoms with E-state index in [0.29, 0.717) is 0 Å². The van der Waals surface area contributed by atoms with Gasteiger partial charge in [-0.1, -0.05) is 90.7 Å². The van der Waals surface area contributed by atoms with Crippen molar-refractivity contribution in [3.8, 4) is 5.69 Å². The number of benzene rings is 4. The third kappa shape index (κ3) is 3.85. The maximum Gasteiger partial charge on any atom is 0.0757 e. The number of allylic oxidation sites excluding steroid dienone is 2. The third-order valence-electron chi connectivity index (χ3n) is 6.08. The molecule has 3 heteroatoms. The second-order valence-electron chi connectivity index (χ2n) is 8.23. The van der Waals surface area contributed by atoms with Crippen LogP contribution in [0.15, 0.2) is 131 Å². The van der Waals surface area contributed by atoms with Crippen LogP contribution in [0, 0.1) is 0 Å². The predicted octanol–water partition coefficient (Wildman–Crippen LogP) is 8.20. The molecule has 1 atom stereocenters. The zero-order valence-corrected chi connectivity index (χ0v) is 19.0. The van der Waals surface area contributed by atoms with Crippen LogP contribution in [0.3, 0.4) is 0 Å². The summed E-state index contributed by atoms with van der Waals surface area (Å²) in [6.07, 6.45) is 7.82. The first-order valence-electron chi connectivity index (χ1n) is 11.3. The van der Waals surface area contributed by atoms with Gasteiger partial charge in [0.15, 0.2) is 0 Å². The van der Waals surface area contributed by atoms with E-state index in [4.69, 9.17) is 0 Å². The molecule has 1 aliphatic rings. The molecule has 6 rings (SSSR count). The highest BCUT2D eigenvalue weighted by Gasteiger charge is 2.16. The van der Waals surface area contributed by atoms with E-state index in [1.807, 2.05) is 11.8 Å². The largest absolute Gasteiger partial charge is 0.374 e. The van der Waals surface area contributed by atoms with Crippen LogP contribution in [0.2, 0.25) is 0 Å². The van der Waals surface area contributed by atoms with Crippen molar-refractivity contribution in [3.63, 3.8) is 0 Å². The lowest BCUT2D eigenvalue weighted by Crippen LogP contribution is -2.19. The predicted molar refractivity (Wildman–Crippen MR) is 142 cm³/mol. The Morgan fingerprint density at radius 2 is 1.42 bits per heavy atom. The summed E-state index contributed by atoms with van der Waals surface area (Å²) in [5.41, 5.74) is 4.74. The lowest BCUT2D eigenvalue weighted by molar-refractivity contribution is 1.04. The lowest BCUT2D eigenvalue weighted by atomic mass is 10.1. The second kappa shape index (κ2) is 8.68. The van der Waals surface area contributed by atoms with Gasteiger partial charge in [0.25, 0.3) is 0 Å². The molecule has 1 aromatic heterocycles. The van der Waals surface area contributed by atoms with E-state index in [9.17, 15) is 0 Å². The summed E-state index contributed by atoms with van der Waals surface area (Å²) in [4.78, 5) is 2.61.